The number of hydrogen-bond acceptors (Lipinski definition) is 2. The van der Waals surface area contributed by atoms with Crippen molar-refractivity contribution >= 4 is 17.8 Å². The predicted octanol–water partition coefficient (Wildman–Crippen LogP) is 9.70. The fourth-order valence-electron chi connectivity index (χ4n) is 5.29. The molecule has 0 fully saturated rings. The van der Waals surface area contributed by atoms with Crippen LogP contribution in [0.4, 0.5) is 0 Å². The van der Waals surface area contributed by atoms with Crippen molar-refractivity contribution < 1.29 is 14.7 Å². The third kappa shape index (κ3) is 12.3. The first kappa shape index (κ1) is 31.6. The molecule has 1 heterocycles. The van der Waals surface area contributed by atoms with Gasteiger partial charge in [-0.15, -0.1) is 0 Å². The summed E-state index contributed by atoms with van der Waals surface area (Å²) in [5.74, 6) is -0.684. The summed E-state index contributed by atoms with van der Waals surface area (Å²) < 4.78 is 2.15. The molecule has 0 saturated carbocycles. The third-order valence-corrected chi connectivity index (χ3v) is 7.57. The van der Waals surface area contributed by atoms with E-state index in [4.69, 9.17) is 5.11 Å². The molecule has 1 N–H and O–H groups in total. The average Bonchev–Trinajstić information content (AvgIpc) is 3.18. The Balaban J connectivity index is 1.62. The van der Waals surface area contributed by atoms with Gasteiger partial charge in [0.2, 0.25) is 0 Å². The van der Waals surface area contributed by atoms with E-state index >= 15 is 0 Å². The zero-order valence-electron chi connectivity index (χ0n) is 24.3. The molecular weight excluding hydrogens is 470 g/mol. The number of benzene rings is 1. The number of rotatable bonds is 21. The number of nitrogens with zero attached hydrogens (tertiary/aromatic N) is 1. The number of carbonyl (C=O) groups is 2. The van der Waals surface area contributed by atoms with Crippen molar-refractivity contribution in [3.63, 3.8) is 0 Å². The molecule has 38 heavy (non-hydrogen) atoms. The first-order valence-electron chi connectivity index (χ1n) is 15.1. The molecule has 0 aliphatic carbocycles. The zero-order valence-corrected chi connectivity index (χ0v) is 24.3. The van der Waals surface area contributed by atoms with Crippen LogP contribution < -0.4 is 0 Å². The number of aryl methyl sites for hydroxylation is 1. The average molecular weight is 522 g/mol. The summed E-state index contributed by atoms with van der Waals surface area (Å²) in [4.78, 5) is 23.7. The summed E-state index contributed by atoms with van der Waals surface area (Å²) in [5, 5.41) is 8.77. The van der Waals surface area contributed by atoms with Crippen molar-refractivity contribution in [3.05, 3.63) is 64.5 Å². The standard InChI is InChI=1S/C34H51NO3/c1-4-5-6-7-8-9-10-11-12-13-14-15-16-17-18-19-32(36)34-28(2)26-35(29(34)3)27-31-22-20-30(21-23-31)24-25-33(37)38/h20-26H,4-19,27H2,1-3H3,(H,37,38)/b25-24+. The second kappa shape index (κ2) is 18.6. The SMILES string of the molecule is CCCCCCCCCCCCCCCCCC(=O)c1c(C)cn(Cc2ccc(/C=C/C(=O)O)cc2)c1C. The van der Waals surface area contributed by atoms with Crippen molar-refractivity contribution in [2.24, 2.45) is 0 Å². The van der Waals surface area contributed by atoms with Gasteiger partial charge in [-0.05, 0) is 43.0 Å². The van der Waals surface area contributed by atoms with Crippen LogP contribution >= 0.6 is 0 Å². The molecule has 210 valence electrons. The first-order chi connectivity index (χ1) is 18.4. The van der Waals surface area contributed by atoms with Gasteiger partial charge in [-0.25, -0.2) is 4.79 Å². The topological polar surface area (TPSA) is 59.3 Å². The largest absolute Gasteiger partial charge is 0.478 e. The lowest BCUT2D eigenvalue weighted by Crippen LogP contribution is -2.05. The number of ketones is 1. The minimum absolute atomic E-state index is 0.266. The number of aliphatic carboxylic acids is 1. The molecule has 4 nitrogen and oxygen atoms in total. The molecule has 0 aliphatic rings. The maximum Gasteiger partial charge on any atom is 0.328 e. The molecule has 2 rings (SSSR count). The number of hydrogen-bond donors (Lipinski definition) is 1. The van der Waals surface area contributed by atoms with E-state index in [0.29, 0.717) is 13.0 Å². The van der Waals surface area contributed by atoms with Crippen LogP contribution in [0.2, 0.25) is 0 Å². The lowest BCUT2D eigenvalue weighted by Gasteiger charge is -2.08. The summed E-state index contributed by atoms with van der Waals surface area (Å²) in [5.41, 5.74) is 4.95. The number of carbonyl (C=O) groups excluding carboxylic acids is 1. The molecule has 0 unspecified atom stereocenters. The second-order valence-corrected chi connectivity index (χ2v) is 10.9. The molecule has 0 atom stereocenters. The molecular formula is C34H51NO3. The highest BCUT2D eigenvalue weighted by Gasteiger charge is 2.16. The number of Topliss-reactive ketones (excluding diaryl/α,β-unsaturated/α-hetero) is 1. The summed E-state index contributed by atoms with van der Waals surface area (Å²) in [6.07, 6.45) is 25.4. The number of carboxylic acids is 1. The molecule has 1 aromatic heterocycles. The fraction of sp³-hybridized carbons (Fsp3) is 0.588. The van der Waals surface area contributed by atoms with Gasteiger partial charge in [0.25, 0.3) is 0 Å². The van der Waals surface area contributed by atoms with Crippen molar-refractivity contribution in [1.82, 2.24) is 4.57 Å². The minimum Gasteiger partial charge on any atom is -0.478 e. The highest BCUT2D eigenvalue weighted by atomic mass is 16.4. The van der Waals surface area contributed by atoms with Crippen LogP contribution in [-0.2, 0) is 11.3 Å². The van der Waals surface area contributed by atoms with Crippen LogP contribution in [-0.4, -0.2) is 21.4 Å². The number of unbranched alkanes of at least 4 members (excludes halogenated alkanes) is 14. The highest BCUT2D eigenvalue weighted by molar-refractivity contribution is 5.98. The fourth-order valence-corrected chi connectivity index (χ4v) is 5.29. The van der Waals surface area contributed by atoms with Gasteiger partial charge < -0.3 is 9.67 Å². The van der Waals surface area contributed by atoms with Crippen molar-refractivity contribution in [2.45, 2.75) is 130 Å². The van der Waals surface area contributed by atoms with E-state index in [2.05, 4.69) is 17.7 Å². The number of aromatic nitrogens is 1. The molecule has 1 aromatic carbocycles. The molecule has 0 aliphatic heterocycles. The highest BCUT2D eigenvalue weighted by Crippen LogP contribution is 2.22. The Morgan fingerprint density at radius 2 is 1.26 bits per heavy atom. The van der Waals surface area contributed by atoms with Crippen LogP contribution in [0, 0.1) is 13.8 Å². The van der Waals surface area contributed by atoms with E-state index in [1.54, 1.807) is 6.08 Å². The van der Waals surface area contributed by atoms with Crippen molar-refractivity contribution in [3.8, 4) is 0 Å². The first-order valence-corrected chi connectivity index (χ1v) is 15.1. The second-order valence-electron chi connectivity index (χ2n) is 10.9. The van der Waals surface area contributed by atoms with E-state index in [1.807, 2.05) is 38.1 Å². The van der Waals surface area contributed by atoms with E-state index in [0.717, 1.165) is 46.9 Å². The van der Waals surface area contributed by atoms with E-state index in [-0.39, 0.29) is 5.78 Å². The third-order valence-electron chi connectivity index (χ3n) is 7.57. The van der Waals surface area contributed by atoms with Gasteiger partial charge in [-0.1, -0.05) is 121 Å². The molecule has 0 amide bonds. The smallest absolute Gasteiger partial charge is 0.328 e. The Morgan fingerprint density at radius 1 is 0.763 bits per heavy atom. The van der Waals surface area contributed by atoms with E-state index < -0.39 is 5.97 Å². The number of carboxylic acid groups (broad SMARTS) is 1. The van der Waals surface area contributed by atoms with Crippen LogP contribution in [0.1, 0.15) is 142 Å². The van der Waals surface area contributed by atoms with Gasteiger partial charge in [-0.2, -0.15) is 0 Å². The van der Waals surface area contributed by atoms with Crippen LogP contribution in [0.5, 0.6) is 0 Å². The van der Waals surface area contributed by atoms with Crippen LogP contribution in [0.3, 0.4) is 0 Å². The Bertz CT molecular complexity index is 984. The van der Waals surface area contributed by atoms with E-state index in [9.17, 15) is 9.59 Å². The minimum atomic E-state index is -0.950. The Kier molecular flexibility index (Phi) is 15.5. The molecule has 2 aromatic rings. The van der Waals surface area contributed by atoms with Gasteiger partial charge in [0.1, 0.15) is 0 Å². The molecule has 0 bridgehead atoms. The van der Waals surface area contributed by atoms with Crippen LogP contribution in [0.25, 0.3) is 6.08 Å². The summed E-state index contributed by atoms with van der Waals surface area (Å²) in [6, 6.07) is 7.85. The van der Waals surface area contributed by atoms with E-state index in [1.165, 1.54) is 83.5 Å². The van der Waals surface area contributed by atoms with Gasteiger partial charge in [0.15, 0.2) is 5.78 Å². The molecule has 4 heteroatoms. The van der Waals surface area contributed by atoms with Crippen molar-refractivity contribution in [2.75, 3.05) is 0 Å². The summed E-state index contributed by atoms with van der Waals surface area (Å²) in [6.45, 7) is 7.04. The van der Waals surface area contributed by atoms with Crippen molar-refractivity contribution in [1.29, 1.82) is 0 Å². The molecule has 0 saturated heterocycles. The monoisotopic (exact) mass is 521 g/mol. The Labute approximate surface area is 231 Å². The van der Waals surface area contributed by atoms with Gasteiger partial charge >= 0.3 is 5.97 Å². The van der Waals surface area contributed by atoms with Gasteiger partial charge in [-0.3, -0.25) is 4.79 Å². The molecule has 0 radical (unpaired) electrons. The maximum atomic E-state index is 13.0. The maximum absolute atomic E-state index is 13.0. The Hall–Kier alpha value is -2.62. The quantitative estimate of drug-likeness (QED) is 0.101. The lowest BCUT2D eigenvalue weighted by molar-refractivity contribution is -0.131. The Morgan fingerprint density at radius 3 is 1.76 bits per heavy atom. The predicted molar refractivity (Wildman–Crippen MR) is 160 cm³/mol. The zero-order chi connectivity index (χ0) is 27.6. The lowest BCUT2D eigenvalue weighted by atomic mass is 10.0. The van der Waals surface area contributed by atoms with Crippen LogP contribution in [0.15, 0.2) is 36.5 Å². The summed E-state index contributed by atoms with van der Waals surface area (Å²) in [7, 11) is 0. The normalized spacial score (nSPS) is 11.4. The summed E-state index contributed by atoms with van der Waals surface area (Å²) >= 11 is 0. The molecule has 0 spiro atoms. The van der Waals surface area contributed by atoms with Gasteiger partial charge in [0, 0.05) is 36.5 Å². The van der Waals surface area contributed by atoms with Gasteiger partial charge in [0.05, 0.1) is 0 Å².